The molecule has 150 valence electrons. The van der Waals surface area contributed by atoms with Gasteiger partial charge < -0.3 is 18.9 Å². The van der Waals surface area contributed by atoms with Crippen LogP contribution in [0.1, 0.15) is 42.5 Å². The van der Waals surface area contributed by atoms with Gasteiger partial charge in [-0.2, -0.15) is 0 Å². The molecule has 0 spiro atoms. The molecule has 6 heteroatoms. The number of amides is 1. The van der Waals surface area contributed by atoms with Gasteiger partial charge in [0.1, 0.15) is 11.2 Å². The molecule has 1 N–H and O–H groups in total. The van der Waals surface area contributed by atoms with E-state index in [1.165, 1.54) is 0 Å². The molecule has 0 bridgehead atoms. The van der Waals surface area contributed by atoms with Crippen LogP contribution in [0.25, 0.3) is 21.9 Å². The maximum absolute atomic E-state index is 12.5. The third-order valence-electron chi connectivity index (χ3n) is 4.90. The summed E-state index contributed by atoms with van der Waals surface area (Å²) >= 11 is 0. The second-order valence-electron chi connectivity index (χ2n) is 7.48. The van der Waals surface area contributed by atoms with Crippen LogP contribution in [0.3, 0.4) is 0 Å². The molecule has 0 radical (unpaired) electrons. The molecule has 0 aliphatic heterocycles. The summed E-state index contributed by atoms with van der Waals surface area (Å²) in [4.78, 5) is 24.8. The van der Waals surface area contributed by atoms with E-state index in [-0.39, 0.29) is 18.4 Å². The molecule has 1 aromatic carbocycles. The first kappa shape index (κ1) is 20.1. The molecule has 1 amide bonds. The summed E-state index contributed by atoms with van der Waals surface area (Å²) in [5.74, 6) is -0.210. The van der Waals surface area contributed by atoms with Gasteiger partial charge in [-0.25, -0.2) is 4.79 Å². The maximum Gasteiger partial charge on any atom is 0.340 e. The van der Waals surface area contributed by atoms with E-state index < -0.39 is 5.63 Å². The second kappa shape index (κ2) is 8.19. The van der Waals surface area contributed by atoms with Crippen LogP contribution in [0, 0.1) is 20.8 Å². The minimum atomic E-state index is -0.481. The Morgan fingerprint density at radius 3 is 2.64 bits per heavy atom. The number of furan rings is 1. The zero-order chi connectivity index (χ0) is 20.4. The largest absolute Gasteiger partial charge is 0.463 e. The lowest BCUT2D eigenvalue weighted by molar-refractivity contribution is -0.120. The zero-order valence-electron chi connectivity index (χ0n) is 17.1. The van der Waals surface area contributed by atoms with Crippen LogP contribution in [-0.2, 0) is 16.0 Å². The number of aryl methyl sites for hydroxylation is 3. The predicted octanol–water partition coefficient (Wildman–Crippen LogP) is 3.94. The molecule has 3 rings (SSSR count). The summed E-state index contributed by atoms with van der Waals surface area (Å²) in [5.41, 5.74) is 3.81. The topological polar surface area (TPSA) is 81.7 Å². The zero-order valence-corrected chi connectivity index (χ0v) is 17.1. The third kappa shape index (κ3) is 3.97. The van der Waals surface area contributed by atoms with Crippen LogP contribution < -0.4 is 10.9 Å². The van der Waals surface area contributed by atoms with E-state index in [9.17, 15) is 9.59 Å². The molecule has 28 heavy (non-hydrogen) atoms. The standard InChI is InChI=1S/C22H27NO5/c1-12(2)26-8-6-7-23-18(24)10-16-15(5)20-17(28-22(16)25)9-13(3)19-14(4)11-27-21(19)20/h9,11-12H,6-8,10H2,1-5H3,(H,23,24). The Morgan fingerprint density at radius 2 is 1.93 bits per heavy atom. The molecular formula is C22H27NO5. The highest BCUT2D eigenvalue weighted by molar-refractivity contribution is 6.07. The fourth-order valence-corrected chi connectivity index (χ4v) is 3.52. The van der Waals surface area contributed by atoms with Crippen LogP contribution in [-0.4, -0.2) is 25.2 Å². The van der Waals surface area contributed by atoms with Gasteiger partial charge in [0.05, 0.1) is 29.7 Å². The molecule has 0 fully saturated rings. The molecule has 2 heterocycles. The van der Waals surface area contributed by atoms with Crippen molar-refractivity contribution < 1.29 is 18.4 Å². The molecule has 0 saturated heterocycles. The fraction of sp³-hybridized carbons (Fsp3) is 0.455. The number of nitrogens with one attached hydrogen (secondary N) is 1. The van der Waals surface area contributed by atoms with Gasteiger partial charge in [-0.05, 0) is 63.8 Å². The van der Waals surface area contributed by atoms with Crippen LogP contribution >= 0.6 is 0 Å². The predicted molar refractivity (Wildman–Crippen MR) is 109 cm³/mol. The van der Waals surface area contributed by atoms with Crippen molar-refractivity contribution in [2.24, 2.45) is 0 Å². The highest BCUT2D eigenvalue weighted by Gasteiger charge is 2.19. The van der Waals surface area contributed by atoms with Crippen molar-refractivity contribution in [2.75, 3.05) is 13.2 Å². The molecule has 0 atom stereocenters. The van der Waals surface area contributed by atoms with Crippen molar-refractivity contribution in [1.29, 1.82) is 0 Å². The molecule has 0 saturated carbocycles. The highest BCUT2D eigenvalue weighted by atomic mass is 16.5. The van der Waals surface area contributed by atoms with Crippen LogP contribution in [0.15, 0.2) is 26.0 Å². The lowest BCUT2D eigenvalue weighted by Crippen LogP contribution is -2.29. The van der Waals surface area contributed by atoms with Crippen LogP contribution in [0.2, 0.25) is 0 Å². The van der Waals surface area contributed by atoms with E-state index >= 15 is 0 Å². The van der Waals surface area contributed by atoms with E-state index in [0.717, 1.165) is 33.9 Å². The normalized spacial score (nSPS) is 11.6. The highest BCUT2D eigenvalue weighted by Crippen LogP contribution is 2.34. The van der Waals surface area contributed by atoms with E-state index in [4.69, 9.17) is 13.6 Å². The Kier molecular flexibility index (Phi) is 5.89. The number of hydrogen-bond acceptors (Lipinski definition) is 5. The van der Waals surface area contributed by atoms with E-state index in [2.05, 4.69) is 5.32 Å². The Balaban J connectivity index is 1.86. The molecular weight excluding hydrogens is 358 g/mol. The van der Waals surface area contributed by atoms with Gasteiger partial charge in [0.25, 0.3) is 0 Å². The van der Waals surface area contributed by atoms with Crippen molar-refractivity contribution in [3.05, 3.63) is 45.0 Å². The first-order valence-corrected chi connectivity index (χ1v) is 9.61. The quantitative estimate of drug-likeness (QED) is 0.492. The van der Waals surface area contributed by atoms with Crippen molar-refractivity contribution in [1.82, 2.24) is 5.32 Å². The summed E-state index contributed by atoms with van der Waals surface area (Å²) in [6.45, 7) is 10.8. The summed E-state index contributed by atoms with van der Waals surface area (Å²) < 4.78 is 16.7. The molecule has 6 nitrogen and oxygen atoms in total. The molecule has 0 unspecified atom stereocenters. The van der Waals surface area contributed by atoms with E-state index in [0.29, 0.717) is 29.9 Å². The van der Waals surface area contributed by atoms with Gasteiger partial charge in [-0.3, -0.25) is 4.79 Å². The Morgan fingerprint density at radius 1 is 1.18 bits per heavy atom. The van der Waals surface area contributed by atoms with Gasteiger partial charge in [-0.15, -0.1) is 0 Å². The second-order valence-corrected chi connectivity index (χ2v) is 7.48. The molecule has 2 aromatic heterocycles. The summed E-state index contributed by atoms with van der Waals surface area (Å²) in [6, 6.07) is 1.85. The van der Waals surface area contributed by atoms with Crippen molar-refractivity contribution in [3.8, 4) is 0 Å². The van der Waals surface area contributed by atoms with Gasteiger partial charge in [0, 0.05) is 18.5 Å². The van der Waals surface area contributed by atoms with Crippen LogP contribution in [0.4, 0.5) is 0 Å². The Hall–Kier alpha value is -2.60. The lowest BCUT2D eigenvalue weighted by atomic mass is 9.99. The average Bonchev–Trinajstić information content (AvgIpc) is 3.00. The number of rotatable bonds is 7. The van der Waals surface area contributed by atoms with Crippen LogP contribution in [0.5, 0.6) is 0 Å². The Labute approximate surface area is 163 Å². The maximum atomic E-state index is 12.5. The molecule has 0 aliphatic rings. The number of hydrogen-bond donors (Lipinski definition) is 1. The first-order chi connectivity index (χ1) is 13.3. The number of ether oxygens (including phenoxy) is 1. The van der Waals surface area contributed by atoms with Gasteiger partial charge in [0.2, 0.25) is 5.91 Å². The van der Waals surface area contributed by atoms with Gasteiger partial charge >= 0.3 is 5.63 Å². The summed E-state index contributed by atoms with van der Waals surface area (Å²) in [7, 11) is 0. The molecule has 3 aromatic rings. The van der Waals surface area contributed by atoms with Crippen molar-refractivity contribution >= 4 is 27.8 Å². The van der Waals surface area contributed by atoms with Crippen molar-refractivity contribution in [3.63, 3.8) is 0 Å². The number of carbonyl (C=O) groups is 1. The van der Waals surface area contributed by atoms with Crippen molar-refractivity contribution in [2.45, 2.75) is 53.6 Å². The number of fused-ring (bicyclic) bond motifs is 3. The molecule has 0 aliphatic carbocycles. The SMILES string of the molecule is Cc1coc2c1c(C)cc1oc(=O)c(CC(=O)NCCCOC(C)C)c(C)c12. The van der Waals surface area contributed by atoms with E-state index in [1.807, 2.05) is 40.7 Å². The lowest BCUT2D eigenvalue weighted by Gasteiger charge is -2.11. The average molecular weight is 385 g/mol. The number of benzene rings is 1. The van der Waals surface area contributed by atoms with Gasteiger partial charge in [-0.1, -0.05) is 0 Å². The smallest absolute Gasteiger partial charge is 0.340 e. The summed E-state index contributed by atoms with van der Waals surface area (Å²) in [5, 5.41) is 4.60. The van der Waals surface area contributed by atoms with Gasteiger partial charge in [0.15, 0.2) is 0 Å². The minimum Gasteiger partial charge on any atom is -0.463 e. The first-order valence-electron chi connectivity index (χ1n) is 9.61. The number of carbonyl (C=O) groups excluding carboxylic acids is 1. The fourth-order valence-electron chi connectivity index (χ4n) is 3.52. The summed E-state index contributed by atoms with van der Waals surface area (Å²) in [6.07, 6.45) is 2.57. The third-order valence-corrected chi connectivity index (χ3v) is 4.90. The Bertz CT molecular complexity index is 1070. The van der Waals surface area contributed by atoms with E-state index in [1.54, 1.807) is 6.26 Å². The minimum absolute atomic E-state index is 0.0236. The monoisotopic (exact) mass is 385 g/mol.